The van der Waals surface area contributed by atoms with Gasteiger partial charge in [-0.2, -0.15) is 0 Å². The molecule has 3 unspecified atom stereocenters. The molecular formula is C11H13FO. The number of halogens is 1. The quantitative estimate of drug-likeness (QED) is 0.741. The van der Waals surface area contributed by atoms with Crippen LogP contribution in [0.5, 0.6) is 0 Å². The van der Waals surface area contributed by atoms with Gasteiger partial charge in [0, 0.05) is 0 Å². The first-order valence-electron chi connectivity index (χ1n) is 4.62. The third kappa shape index (κ3) is 1.73. The second-order valence-electron chi connectivity index (χ2n) is 3.87. The molecule has 13 heavy (non-hydrogen) atoms. The summed E-state index contributed by atoms with van der Waals surface area (Å²) < 4.78 is 12.6. The third-order valence-corrected chi connectivity index (χ3v) is 2.79. The summed E-state index contributed by atoms with van der Waals surface area (Å²) in [6.45, 7) is 2.12. The second-order valence-corrected chi connectivity index (χ2v) is 3.87. The molecule has 0 radical (unpaired) electrons. The van der Waals surface area contributed by atoms with Crippen LogP contribution in [-0.4, -0.2) is 5.11 Å². The number of rotatable bonds is 2. The van der Waals surface area contributed by atoms with E-state index in [0.717, 1.165) is 12.0 Å². The van der Waals surface area contributed by atoms with Crippen molar-refractivity contribution in [2.45, 2.75) is 19.4 Å². The summed E-state index contributed by atoms with van der Waals surface area (Å²) in [6.07, 6.45) is 0.675. The highest BCUT2D eigenvalue weighted by Gasteiger charge is 2.39. The topological polar surface area (TPSA) is 20.2 Å². The summed E-state index contributed by atoms with van der Waals surface area (Å²) in [5.41, 5.74) is 0.829. The zero-order chi connectivity index (χ0) is 9.42. The lowest BCUT2D eigenvalue weighted by molar-refractivity contribution is 0.148. The average molecular weight is 180 g/mol. The predicted molar refractivity (Wildman–Crippen MR) is 48.6 cm³/mol. The van der Waals surface area contributed by atoms with Crippen LogP contribution in [-0.2, 0) is 0 Å². The second kappa shape index (κ2) is 3.11. The van der Waals surface area contributed by atoms with Crippen LogP contribution in [0.4, 0.5) is 4.39 Å². The molecule has 0 aromatic heterocycles. The predicted octanol–water partition coefficient (Wildman–Crippen LogP) is 2.52. The van der Waals surface area contributed by atoms with E-state index in [9.17, 15) is 9.50 Å². The molecule has 70 valence electrons. The highest BCUT2D eigenvalue weighted by Crippen LogP contribution is 2.46. The molecule has 0 bridgehead atoms. The van der Waals surface area contributed by atoms with Crippen LogP contribution >= 0.6 is 0 Å². The van der Waals surface area contributed by atoms with Gasteiger partial charge in [-0.05, 0) is 36.0 Å². The summed E-state index contributed by atoms with van der Waals surface area (Å²) in [4.78, 5) is 0. The molecule has 1 aliphatic rings. The van der Waals surface area contributed by atoms with Crippen molar-refractivity contribution in [3.63, 3.8) is 0 Å². The van der Waals surface area contributed by atoms with E-state index in [2.05, 4.69) is 6.92 Å². The van der Waals surface area contributed by atoms with Gasteiger partial charge in [-0.1, -0.05) is 19.1 Å². The standard InChI is InChI=1S/C11H13FO/c1-7-6-10(7)11(13)8-2-4-9(12)5-3-8/h2-5,7,10-11,13H,6H2,1H3. The Bertz CT molecular complexity index is 293. The Balaban J connectivity index is 2.12. The van der Waals surface area contributed by atoms with Gasteiger partial charge in [-0.15, -0.1) is 0 Å². The first-order chi connectivity index (χ1) is 6.18. The molecule has 2 heteroatoms. The fourth-order valence-electron chi connectivity index (χ4n) is 1.70. The van der Waals surface area contributed by atoms with Gasteiger partial charge in [0.1, 0.15) is 5.82 Å². The normalized spacial score (nSPS) is 28.5. The van der Waals surface area contributed by atoms with Gasteiger partial charge in [-0.25, -0.2) is 4.39 Å². The largest absolute Gasteiger partial charge is 0.388 e. The fraction of sp³-hybridized carbons (Fsp3) is 0.455. The molecule has 0 amide bonds. The minimum atomic E-state index is -0.407. The minimum Gasteiger partial charge on any atom is -0.388 e. The lowest BCUT2D eigenvalue weighted by Crippen LogP contribution is -2.00. The zero-order valence-electron chi connectivity index (χ0n) is 7.57. The Morgan fingerprint density at radius 3 is 2.38 bits per heavy atom. The molecule has 1 aromatic rings. The molecule has 1 aromatic carbocycles. The van der Waals surface area contributed by atoms with Crippen LogP contribution in [0, 0.1) is 17.7 Å². The van der Waals surface area contributed by atoms with E-state index in [-0.39, 0.29) is 5.82 Å². The Kier molecular flexibility index (Phi) is 2.08. The number of hydrogen-bond acceptors (Lipinski definition) is 1. The Morgan fingerprint density at radius 2 is 1.92 bits per heavy atom. The van der Waals surface area contributed by atoms with Crippen molar-refractivity contribution in [2.75, 3.05) is 0 Å². The number of aliphatic hydroxyl groups excluding tert-OH is 1. The molecule has 2 rings (SSSR count). The maximum atomic E-state index is 12.6. The van der Waals surface area contributed by atoms with Crippen molar-refractivity contribution in [1.29, 1.82) is 0 Å². The molecule has 1 aliphatic carbocycles. The van der Waals surface area contributed by atoms with Gasteiger partial charge < -0.3 is 5.11 Å². The first kappa shape index (κ1) is 8.70. The average Bonchev–Trinajstić information content (AvgIpc) is 2.83. The fourth-order valence-corrected chi connectivity index (χ4v) is 1.70. The van der Waals surface area contributed by atoms with Crippen LogP contribution in [0.3, 0.4) is 0 Å². The SMILES string of the molecule is CC1CC1C(O)c1ccc(F)cc1. The van der Waals surface area contributed by atoms with Gasteiger partial charge in [-0.3, -0.25) is 0 Å². The summed E-state index contributed by atoms with van der Waals surface area (Å²) >= 11 is 0. The van der Waals surface area contributed by atoms with Crippen molar-refractivity contribution >= 4 is 0 Å². The van der Waals surface area contributed by atoms with Gasteiger partial charge in [0.15, 0.2) is 0 Å². The molecule has 1 saturated carbocycles. The van der Waals surface area contributed by atoms with E-state index in [4.69, 9.17) is 0 Å². The van der Waals surface area contributed by atoms with Gasteiger partial charge in [0.05, 0.1) is 6.10 Å². The molecular weight excluding hydrogens is 167 g/mol. The molecule has 0 aliphatic heterocycles. The summed E-state index contributed by atoms with van der Waals surface area (Å²) in [5, 5.41) is 9.80. The lowest BCUT2D eigenvalue weighted by atomic mass is 10.0. The van der Waals surface area contributed by atoms with E-state index in [1.165, 1.54) is 12.1 Å². The number of aliphatic hydroxyl groups is 1. The summed E-state index contributed by atoms with van der Waals surface area (Å²) in [5.74, 6) is 0.741. The maximum absolute atomic E-state index is 12.6. The van der Waals surface area contributed by atoms with Crippen molar-refractivity contribution in [3.05, 3.63) is 35.6 Å². The monoisotopic (exact) mass is 180 g/mol. The first-order valence-corrected chi connectivity index (χ1v) is 4.62. The maximum Gasteiger partial charge on any atom is 0.123 e. The van der Waals surface area contributed by atoms with E-state index in [1.54, 1.807) is 12.1 Å². The smallest absolute Gasteiger partial charge is 0.123 e. The number of benzene rings is 1. The summed E-state index contributed by atoms with van der Waals surface area (Å²) in [7, 11) is 0. The van der Waals surface area contributed by atoms with E-state index in [0.29, 0.717) is 11.8 Å². The zero-order valence-corrected chi connectivity index (χ0v) is 7.57. The van der Waals surface area contributed by atoms with Crippen LogP contribution in [0.2, 0.25) is 0 Å². The summed E-state index contributed by atoms with van der Waals surface area (Å²) in [6, 6.07) is 6.10. The molecule has 1 N–H and O–H groups in total. The van der Waals surface area contributed by atoms with Crippen molar-refractivity contribution in [2.24, 2.45) is 11.8 Å². The van der Waals surface area contributed by atoms with Crippen LogP contribution < -0.4 is 0 Å². The highest BCUT2D eigenvalue weighted by atomic mass is 19.1. The third-order valence-electron chi connectivity index (χ3n) is 2.79. The lowest BCUT2D eigenvalue weighted by Gasteiger charge is -2.09. The molecule has 0 heterocycles. The molecule has 0 spiro atoms. The Hall–Kier alpha value is -0.890. The Morgan fingerprint density at radius 1 is 1.38 bits per heavy atom. The van der Waals surface area contributed by atoms with Crippen LogP contribution in [0.25, 0.3) is 0 Å². The molecule has 1 fully saturated rings. The van der Waals surface area contributed by atoms with Crippen LogP contribution in [0.15, 0.2) is 24.3 Å². The van der Waals surface area contributed by atoms with Crippen molar-refractivity contribution < 1.29 is 9.50 Å². The van der Waals surface area contributed by atoms with Crippen molar-refractivity contribution in [1.82, 2.24) is 0 Å². The van der Waals surface area contributed by atoms with Gasteiger partial charge in [0.25, 0.3) is 0 Å². The van der Waals surface area contributed by atoms with E-state index < -0.39 is 6.10 Å². The molecule has 1 nitrogen and oxygen atoms in total. The van der Waals surface area contributed by atoms with Gasteiger partial charge in [0.2, 0.25) is 0 Å². The Labute approximate surface area is 77.2 Å². The molecule has 0 saturated heterocycles. The number of hydrogen-bond donors (Lipinski definition) is 1. The molecule has 3 atom stereocenters. The minimum absolute atomic E-state index is 0.250. The van der Waals surface area contributed by atoms with E-state index in [1.807, 2.05) is 0 Å². The van der Waals surface area contributed by atoms with E-state index >= 15 is 0 Å². The van der Waals surface area contributed by atoms with Crippen LogP contribution in [0.1, 0.15) is 25.0 Å². The highest BCUT2D eigenvalue weighted by molar-refractivity contribution is 5.20. The van der Waals surface area contributed by atoms with Gasteiger partial charge >= 0.3 is 0 Å². The van der Waals surface area contributed by atoms with Crippen molar-refractivity contribution in [3.8, 4) is 0 Å².